The highest BCUT2D eigenvalue weighted by Crippen LogP contribution is 2.28. The number of likely N-dealkylation sites (N-methyl/N-ethyl adjacent to an activating group) is 1. The Balaban J connectivity index is 1.96. The maximum atomic E-state index is 12.7. The van der Waals surface area contributed by atoms with Crippen molar-refractivity contribution in [2.75, 3.05) is 26.2 Å². The molecule has 39 heavy (non-hydrogen) atoms. The Morgan fingerprint density at radius 3 is 2.69 bits per heavy atom. The van der Waals surface area contributed by atoms with E-state index in [1.807, 2.05) is 0 Å². The van der Waals surface area contributed by atoms with Gasteiger partial charge in [0.05, 0.1) is 28.0 Å². The largest absolute Gasteiger partial charge is 0.456 e. The molecule has 0 radical (unpaired) electrons. The number of halogens is 4. The number of benzene rings is 2. The number of alkyl halides is 2. The summed E-state index contributed by atoms with van der Waals surface area (Å²) in [6.07, 6.45) is 1.80. The minimum atomic E-state index is -3.01. The van der Waals surface area contributed by atoms with Gasteiger partial charge in [0.25, 0.3) is 5.91 Å². The summed E-state index contributed by atoms with van der Waals surface area (Å²) in [5, 5.41) is 18.5. The monoisotopic (exact) mass is 580 g/mol. The van der Waals surface area contributed by atoms with Crippen LogP contribution in [0.3, 0.4) is 0 Å². The van der Waals surface area contributed by atoms with Gasteiger partial charge in [0.2, 0.25) is 5.96 Å². The number of hydrogen-bond donors (Lipinski definition) is 1. The van der Waals surface area contributed by atoms with Gasteiger partial charge in [0, 0.05) is 32.0 Å². The van der Waals surface area contributed by atoms with Crippen LogP contribution < -0.4 is 10.1 Å². The van der Waals surface area contributed by atoms with Crippen molar-refractivity contribution in [1.82, 2.24) is 15.2 Å². The average molecular weight is 581 g/mol. The zero-order valence-corrected chi connectivity index (χ0v) is 22.4. The van der Waals surface area contributed by atoms with Crippen molar-refractivity contribution in [1.29, 1.82) is 5.26 Å². The molecule has 0 saturated heterocycles. The van der Waals surface area contributed by atoms with Crippen molar-refractivity contribution in [2.45, 2.75) is 20.5 Å². The number of rotatable bonds is 9. The fourth-order valence-corrected chi connectivity index (χ4v) is 4.05. The van der Waals surface area contributed by atoms with Crippen molar-refractivity contribution in [3.63, 3.8) is 0 Å². The second kappa shape index (κ2) is 13.7. The maximum Gasteiger partial charge on any atom is 0.387 e. The van der Waals surface area contributed by atoms with E-state index in [0.717, 1.165) is 0 Å². The lowest BCUT2D eigenvalue weighted by Gasteiger charge is -2.25. The van der Waals surface area contributed by atoms with Gasteiger partial charge in [0.1, 0.15) is 5.75 Å². The van der Waals surface area contributed by atoms with Crippen LogP contribution in [-0.4, -0.2) is 66.3 Å². The molecule has 1 heterocycles. The molecule has 10 nitrogen and oxygen atoms in total. The lowest BCUT2D eigenvalue weighted by molar-refractivity contribution is -0.150. The van der Waals surface area contributed by atoms with E-state index < -0.39 is 19.2 Å². The molecule has 1 atom stereocenters. The summed E-state index contributed by atoms with van der Waals surface area (Å²) in [7, 11) is 0. The Bertz CT molecular complexity index is 1320. The predicted octanol–water partition coefficient (Wildman–Crippen LogP) is 4.40. The molecule has 2 aromatic rings. The minimum Gasteiger partial charge on any atom is -0.456 e. The molecule has 0 saturated carbocycles. The molecule has 206 valence electrons. The lowest BCUT2D eigenvalue weighted by atomic mass is 9.97. The molecule has 2 aromatic carbocycles. The number of ether oxygens (including phenoxy) is 2. The molecule has 1 aliphatic heterocycles. The minimum absolute atomic E-state index is 0.0149. The van der Waals surface area contributed by atoms with E-state index in [-0.39, 0.29) is 42.3 Å². The summed E-state index contributed by atoms with van der Waals surface area (Å²) in [6, 6.07) is 10.6. The number of hydrogen-bond acceptors (Lipinski definition) is 7. The number of nitriles is 1. The van der Waals surface area contributed by atoms with Crippen LogP contribution in [0.5, 0.6) is 5.75 Å². The third-order valence-electron chi connectivity index (χ3n) is 5.49. The molecule has 0 aliphatic carbocycles. The van der Waals surface area contributed by atoms with E-state index in [1.54, 1.807) is 37.4 Å². The first-order valence-electron chi connectivity index (χ1n) is 11.6. The zero-order chi connectivity index (χ0) is 28.5. The quantitative estimate of drug-likeness (QED) is 0.153. The van der Waals surface area contributed by atoms with Crippen LogP contribution in [0.1, 0.15) is 19.4 Å². The summed E-state index contributed by atoms with van der Waals surface area (Å²) in [5.41, 5.74) is 1.39. The molecular formula is C25H24Cl2F2N6O4. The fraction of sp³-hybridized carbons (Fsp3) is 0.320. The standard InChI is InChI=1S/C25H24Cl2F2N6O4/c1-3-34(22(37)13-38-15(2)36)11-17-12-35(33-23(17)16-7-8-20(26)21(27)9-16)25(31-14-30)32-18-5-4-6-19(10-18)39-24(28)29/h4-10,17,24H,3,11-13H2,1-2H3,(H,31,32). The van der Waals surface area contributed by atoms with Crippen molar-refractivity contribution in [3.05, 3.63) is 58.1 Å². The molecule has 1 aliphatic rings. The highest BCUT2D eigenvalue weighted by Gasteiger charge is 2.33. The van der Waals surface area contributed by atoms with Gasteiger partial charge in [-0.1, -0.05) is 35.3 Å². The number of aliphatic imine (C=N–C) groups is 1. The second-order valence-corrected chi connectivity index (χ2v) is 8.97. The molecular weight excluding hydrogens is 557 g/mol. The summed E-state index contributed by atoms with van der Waals surface area (Å²) in [4.78, 5) is 29.7. The van der Waals surface area contributed by atoms with Crippen LogP contribution in [0.25, 0.3) is 0 Å². The van der Waals surface area contributed by atoms with Crippen molar-refractivity contribution >= 4 is 52.4 Å². The molecule has 14 heteroatoms. The van der Waals surface area contributed by atoms with Crippen LogP contribution in [0.2, 0.25) is 10.0 Å². The molecule has 0 fully saturated rings. The van der Waals surface area contributed by atoms with Gasteiger partial charge >= 0.3 is 12.6 Å². The number of nitrogens with zero attached hydrogens (tertiary/aromatic N) is 5. The van der Waals surface area contributed by atoms with Gasteiger partial charge in [-0.15, -0.1) is 0 Å². The van der Waals surface area contributed by atoms with E-state index in [9.17, 15) is 23.6 Å². The molecule has 0 aromatic heterocycles. The normalized spacial score (nSPS) is 15.0. The van der Waals surface area contributed by atoms with Gasteiger partial charge < -0.3 is 14.4 Å². The number of amides is 1. The highest BCUT2D eigenvalue weighted by molar-refractivity contribution is 6.42. The Hall–Kier alpha value is -3.95. The lowest BCUT2D eigenvalue weighted by Crippen LogP contribution is -2.42. The summed E-state index contributed by atoms with van der Waals surface area (Å²) < 4.78 is 34.6. The van der Waals surface area contributed by atoms with Crippen molar-refractivity contribution in [3.8, 4) is 11.9 Å². The molecule has 1 amide bonds. The first-order chi connectivity index (χ1) is 18.6. The van der Waals surface area contributed by atoms with E-state index in [0.29, 0.717) is 27.9 Å². The smallest absolute Gasteiger partial charge is 0.387 e. The molecule has 3 rings (SSSR count). The van der Waals surface area contributed by atoms with Crippen molar-refractivity contribution in [2.24, 2.45) is 16.0 Å². The highest BCUT2D eigenvalue weighted by atomic mass is 35.5. The molecule has 0 bridgehead atoms. The van der Waals surface area contributed by atoms with E-state index in [2.05, 4.69) is 20.1 Å². The molecule has 0 spiro atoms. The van der Waals surface area contributed by atoms with E-state index >= 15 is 0 Å². The van der Waals surface area contributed by atoms with Gasteiger partial charge in [0.15, 0.2) is 12.8 Å². The predicted molar refractivity (Wildman–Crippen MR) is 141 cm³/mol. The summed E-state index contributed by atoms with van der Waals surface area (Å²) >= 11 is 12.3. The third kappa shape index (κ3) is 8.27. The summed E-state index contributed by atoms with van der Waals surface area (Å²) in [5.74, 6) is -1.44. The van der Waals surface area contributed by atoms with E-state index in [1.165, 1.54) is 35.0 Å². The first kappa shape index (κ1) is 29.6. The number of hydrazone groups is 1. The SMILES string of the molecule is CCN(CC1CN(C(=Nc2cccc(OC(F)F)c2)NC#N)N=C1c1ccc(Cl)c(Cl)c1)C(=O)COC(C)=O. The van der Waals surface area contributed by atoms with Crippen LogP contribution in [0.15, 0.2) is 52.6 Å². The van der Waals surface area contributed by atoms with Gasteiger partial charge in [-0.3, -0.25) is 14.9 Å². The number of carbonyl (C=O) groups is 2. The summed E-state index contributed by atoms with van der Waals surface area (Å²) in [6.45, 7) is 0.303. The number of guanidine groups is 1. The van der Waals surface area contributed by atoms with Crippen LogP contribution >= 0.6 is 23.2 Å². The maximum absolute atomic E-state index is 12.7. The number of carbonyl (C=O) groups excluding carboxylic acids is 2. The second-order valence-electron chi connectivity index (χ2n) is 8.15. The van der Waals surface area contributed by atoms with Gasteiger partial charge in [-0.25, -0.2) is 10.0 Å². The van der Waals surface area contributed by atoms with E-state index in [4.69, 9.17) is 27.9 Å². The van der Waals surface area contributed by atoms with Crippen LogP contribution in [0.4, 0.5) is 14.5 Å². The Labute approximate surface area is 233 Å². The molecule has 1 N–H and O–H groups in total. The topological polar surface area (TPSA) is 120 Å². The van der Waals surface area contributed by atoms with Gasteiger partial charge in [-0.05, 0) is 36.8 Å². The third-order valence-corrected chi connectivity index (χ3v) is 6.23. The number of esters is 1. The molecule has 1 unspecified atom stereocenters. The number of nitrogens with one attached hydrogen (secondary N) is 1. The Kier molecular flexibility index (Phi) is 10.4. The first-order valence-corrected chi connectivity index (χ1v) is 12.4. The van der Waals surface area contributed by atoms with Crippen LogP contribution in [-0.2, 0) is 14.3 Å². The van der Waals surface area contributed by atoms with Crippen molar-refractivity contribution < 1.29 is 27.8 Å². The average Bonchev–Trinajstić information content (AvgIpc) is 3.30. The Morgan fingerprint density at radius 2 is 2.05 bits per heavy atom. The van der Waals surface area contributed by atoms with Crippen LogP contribution in [0, 0.1) is 17.4 Å². The Morgan fingerprint density at radius 1 is 1.28 bits per heavy atom. The fourth-order valence-electron chi connectivity index (χ4n) is 3.75. The van der Waals surface area contributed by atoms with Gasteiger partial charge in [-0.2, -0.15) is 19.1 Å². The zero-order valence-electron chi connectivity index (χ0n) is 20.9.